The minimum atomic E-state index is -1.38. The Morgan fingerprint density at radius 3 is 2.70 bits per heavy atom. The summed E-state index contributed by atoms with van der Waals surface area (Å²) in [7, 11) is 0. The molecule has 2 rings (SSSR count). The lowest BCUT2D eigenvalue weighted by Crippen LogP contribution is -2.41. The van der Waals surface area contributed by atoms with Crippen LogP contribution in [0.2, 0.25) is 0 Å². The fourth-order valence-corrected chi connectivity index (χ4v) is 1.83. The number of morpholine rings is 1. The van der Waals surface area contributed by atoms with Crippen LogP contribution in [0.5, 0.6) is 0 Å². The second-order valence-corrected chi connectivity index (χ2v) is 4.26. The van der Waals surface area contributed by atoms with Crippen molar-refractivity contribution in [1.82, 2.24) is 9.88 Å². The summed E-state index contributed by atoms with van der Waals surface area (Å²) in [5, 5.41) is 2.48. The maximum atomic E-state index is 13.3. The molecule has 0 atom stereocenters. The van der Waals surface area contributed by atoms with Crippen LogP contribution in [0.3, 0.4) is 0 Å². The molecule has 1 aliphatic rings. The van der Waals surface area contributed by atoms with E-state index >= 15 is 0 Å². The number of nitrogens with zero attached hydrogens (tertiary/aromatic N) is 2. The van der Waals surface area contributed by atoms with Crippen LogP contribution in [0.25, 0.3) is 0 Å². The summed E-state index contributed by atoms with van der Waals surface area (Å²) >= 11 is 0. The summed E-state index contributed by atoms with van der Waals surface area (Å²) in [6, 6.07) is 0.411. The van der Waals surface area contributed by atoms with Crippen molar-refractivity contribution in [2.45, 2.75) is 6.42 Å². The zero-order valence-electron chi connectivity index (χ0n) is 10.7. The zero-order chi connectivity index (χ0) is 14.5. The smallest absolute Gasteiger partial charge is 0.251 e. The van der Waals surface area contributed by atoms with E-state index in [2.05, 4.69) is 10.3 Å². The average Bonchev–Trinajstić information content (AvgIpc) is 2.45. The number of carbonyl (C=O) groups is 1. The topological polar surface area (TPSA) is 54.5 Å². The molecule has 1 amide bonds. The molecule has 1 aromatic heterocycles. The number of hydrogen-bond acceptors (Lipinski definition) is 4. The van der Waals surface area contributed by atoms with Gasteiger partial charge in [0.1, 0.15) is 0 Å². The molecule has 0 aliphatic carbocycles. The maximum Gasteiger partial charge on any atom is 0.251 e. The van der Waals surface area contributed by atoms with E-state index in [1.807, 2.05) is 0 Å². The Bertz CT molecular complexity index is 493. The van der Waals surface area contributed by atoms with Gasteiger partial charge in [-0.1, -0.05) is 0 Å². The van der Waals surface area contributed by atoms with Crippen molar-refractivity contribution in [3.05, 3.63) is 23.6 Å². The van der Waals surface area contributed by atoms with Crippen molar-refractivity contribution in [2.24, 2.45) is 0 Å². The van der Waals surface area contributed by atoms with Gasteiger partial charge in [-0.15, -0.1) is 0 Å². The lowest BCUT2D eigenvalue weighted by molar-refractivity contribution is -0.134. The van der Waals surface area contributed by atoms with E-state index in [4.69, 9.17) is 4.74 Å². The highest BCUT2D eigenvalue weighted by Gasteiger charge is 2.17. The molecule has 0 radical (unpaired) electrons. The van der Waals surface area contributed by atoms with E-state index in [9.17, 15) is 18.0 Å². The summed E-state index contributed by atoms with van der Waals surface area (Å²) in [4.78, 5) is 16.5. The first-order valence-electron chi connectivity index (χ1n) is 6.19. The van der Waals surface area contributed by atoms with Gasteiger partial charge in [0.2, 0.25) is 5.91 Å². The Kier molecular flexibility index (Phi) is 4.78. The normalized spacial score (nSPS) is 15.2. The molecule has 1 aliphatic heterocycles. The van der Waals surface area contributed by atoms with Crippen molar-refractivity contribution in [2.75, 3.05) is 38.2 Å². The van der Waals surface area contributed by atoms with Gasteiger partial charge in [0, 0.05) is 32.1 Å². The number of hydrogen-bond donors (Lipinski definition) is 1. The summed E-state index contributed by atoms with van der Waals surface area (Å²) in [5.41, 5.74) is 0. The molecule has 0 unspecified atom stereocenters. The lowest BCUT2D eigenvalue weighted by Gasteiger charge is -2.26. The van der Waals surface area contributed by atoms with E-state index in [-0.39, 0.29) is 18.9 Å². The number of pyridine rings is 1. The molecular weight excluding hydrogens is 275 g/mol. The Morgan fingerprint density at radius 1 is 1.30 bits per heavy atom. The van der Waals surface area contributed by atoms with Crippen LogP contribution in [0.4, 0.5) is 19.0 Å². The van der Waals surface area contributed by atoms with Crippen LogP contribution in [0.1, 0.15) is 6.42 Å². The minimum absolute atomic E-state index is 0.0885. The second kappa shape index (κ2) is 6.56. The SMILES string of the molecule is O=C(CCNc1nc(F)c(F)cc1F)N1CCOCC1. The predicted molar refractivity (Wildman–Crippen MR) is 64.6 cm³/mol. The van der Waals surface area contributed by atoms with Gasteiger partial charge in [-0.2, -0.15) is 9.37 Å². The highest BCUT2D eigenvalue weighted by atomic mass is 19.2. The fourth-order valence-electron chi connectivity index (χ4n) is 1.83. The lowest BCUT2D eigenvalue weighted by atomic mass is 10.3. The Labute approximate surface area is 113 Å². The van der Waals surface area contributed by atoms with Gasteiger partial charge in [0.25, 0.3) is 5.95 Å². The molecule has 1 fully saturated rings. The van der Waals surface area contributed by atoms with Gasteiger partial charge in [-0.05, 0) is 0 Å². The predicted octanol–water partition coefficient (Wildman–Crippen LogP) is 1.16. The van der Waals surface area contributed by atoms with Crippen molar-refractivity contribution >= 4 is 11.7 Å². The maximum absolute atomic E-state index is 13.3. The molecular formula is C12H14F3N3O2. The molecule has 0 spiro atoms. The van der Waals surface area contributed by atoms with Crippen LogP contribution in [-0.2, 0) is 9.53 Å². The highest BCUT2D eigenvalue weighted by Crippen LogP contribution is 2.14. The molecule has 1 N–H and O–H groups in total. The molecule has 8 heteroatoms. The highest BCUT2D eigenvalue weighted by molar-refractivity contribution is 5.76. The van der Waals surface area contributed by atoms with Crippen LogP contribution in [0, 0.1) is 17.6 Å². The Hall–Kier alpha value is -1.83. The Morgan fingerprint density at radius 2 is 2.00 bits per heavy atom. The van der Waals surface area contributed by atoms with Crippen LogP contribution in [-0.4, -0.2) is 48.6 Å². The van der Waals surface area contributed by atoms with Crippen molar-refractivity contribution < 1.29 is 22.7 Å². The molecule has 1 saturated heterocycles. The third-order valence-electron chi connectivity index (χ3n) is 2.88. The van der Waals surface area contributed by atoms with E-state index in [1.165, 1.54) is 0 Å². The Balaban J connectivity index is 1.83. The van der Waals surface area contributed by atoms with Gasteiger partial charge in [-0.3, -0.25) is 4.79 Å². The van der Waals surface area contributed by atoms with Crippen molar-refractivity contribution in [3.8, 4) is 0 Å². The molecule has 0 saturated carbocycles. The first kappa shape index (κ1) is 14.6. The van der Waals surface area contributed by atoms with Gasteiger partial charge >= 0.3 is 0 Å². The molecule has 2 heterocycles. The first-order chi connectivity index (χ1) is 9.58. The minimum Gasteiger partial charge on any atom is -0.378 e. The van der Waals surface area contributed by atoms with E-state index in [1.54, 1.807) is 4.90 Å². The van der Waals surface area contributed by atoms with Gasteiger partial charge < -0.3 is 15.0 Å². The van der Waals surface area contributed by atoms with Crippen LogP contribution in [0.15, 0.2) is 6.07 Å². The molecule has 110 valence electrons. The largest absolute Gasteiger partial charge is 0.378 e. The van der Waals surface area contributed by atoms with Gasteiger partial charge in [0.05, 0.1) is 13.2 Å². The van der Waals surface area contributed by atoms with Crippen LogP contribution >= 0.6 is 0 Å². The fraction of sp³-hybridized carbons (Fsp3) is 0.500. The van der Waals surface area contributed by atoms with Crippen molar-refractivity contribution in [1.29, 1.82) is 0 Å². The number of aromatic nitrogens is 1. The first-order valence-corrected chi connectivity index (χ1v) is 6.19. The summed E-state index contributed by atoms with van der Waals surface area (Å²) in [6.45, 7) is 2.13. The van der Waals surface area contributed by atoms with E-state index in [0.29, 0.717) is 32.4 Å². The zero-order valence-corrected chi connectivity index (χ0v) is 10.7. The van der Waals surface area contributed by atoms with E-state index < -0.39 is 23.4 Å². The number of nitrogens with one attached hydrogen (secondary N) is 1. The number of rotatable bonds is 4. The third kappa shape index (κ3) is 3.60. The molecule has 1 aromatic rings. The van der Waals surface area contributed by atoms with Crippen LogP contribution < -0.4 is 5.32 Å². The molecule has 0 bridgehead atoms. The van der Waals surface area contributed by atoms with Crippen molar-refractivity contribution in [3.63, 3.8) is 0 Å². The quantitative estimate of drug-likeness (QED) is 0.845. The number of halogens is 3. The second-order valence-electron chi connectivity index (χ2n) is 4.26. The molecule has 0 aromatic carbocycles. The van der Waals surface area contributed by atoms with Gasteiger partial charge in [0.15, 0.2) is 17.5 Å². The summed E-state index contributed by atoms with van der Waals surface area (Å²) < 4.78 is 43.9. The van der Waals surface area contributed by atoms with Gasteiger partial charge in [-0.25, -0.2) is 8.78 Å². The molecule has 5 nitrogen and oxygen atoms in total. The number of ether oxygens (including phenoxy) is 1. The average molecular weight is 289 g/mol. The standard InChI is InChI=1S/C12H14F3N3O2/c13-8-7-9(14)12(17-11(8)15)16-2-1-10(19)18-3-5-20-6-4-18/h7H,1-6H2,(H,16,17). The summed E-state index contributed by atoms with van der Waals surface area (Å²) in [6.07, 6.45) is 0.111. The number of amides is 1. The third-order valence-corrected chi connectivity index (χ3v) is 2.88. The number of anilines is 1. The van der Waals surface area contributed by atoms with E-state index in [0.717, 1.165) is 0 Å². The molecule has 20 heavy (non-hydrogen) atoms. The number of carbonyl (C=O) groups excluding carboxylic acids is 1. The monoisotopic (exact) mass is 289 g/mol. The summed E-state index contributed by atoms with van der Waals surface area (Å²) in [5.74, 6) is -4.24.